The lowest BCUT2D eigenvalue weighted by Gasteiger charge is -2.22. The minimum absolute atomic E-state index is 0.117. The lowest BCUT2D eigenvalue weighted by atomic mass is 10.1. The summed E-state index contributed by atoms with van der Waals surface area (Å²) in [6, 6.07) is 7.62. The zero-order chi connectivity index (χ0) is 18.3. The van der Waals surface area contributed by atoms with E-state index in [1.165, 1.54) is 6.33 Å². The maximum Gasteiger partial charge on any atom is 0.226 e. The average Bonchev–Trinajstić information content (AvgIpc) is 2.70. The van der Waals surface area contributed by atoms with Gasteiger partial charge >= 0.3 is 0 Å². The highest BCUT2D eigenvalue weighted by Gasteiger charge is 2.16. The number of aromatic nitrogens is 4. The Hall–Kier alpha value is -3.06. The lowest BCUT2D eigenvalue weighted by Crippen LogP contribution is -2.26. The molecule has 4 rings (SSSR count). The van der Waals surface area contributed by atoms with Gasteiger partial charge in [-0.15, -0.1) is 0 Å². The summed E-state index contributed by atoms with van der Waals surface area (Å²) in [5, 5.41) is 0. The summed E-state index contributed by atoms with van der Waals surface area (Å²) in [7, 11) is 0. The fourth-order valence-corrected chi connectivity index (χ4v) is 2.88. The van der Waals surface area contributed by atoms with Gasteiger partial charge in [-0.1, -0.05) is 0 Å². The van der Waals surface area contributed by atoms with E-state index in [-0.39, 0.29) is 6.10 Å². The molecule has 7 nitrogen and oxygen atoms in total. The van der Waals surface area contributed by atoms with E-state index in [9.17, 15) is 0 Å². The van der Waals surface area contributed by atoms with Gasteiger partial charge in [0.2, 0.25) is 11.8 Å². The molecule has 0 bridgehead atoms. The Kier molecular flexibility index (Phi) is 5.50. The van der Waals surface area contributed by atoms with Crippen LogP contribution in [0.25, 0.3) is 0 Å². The number of hydrogen-bond acceptors (Lipinski definition) is 7. The number of rotatable bonds is 6. The first-order chi connectivity index (χ1) is 13.3. The molecule has 1 aliphatic heterocycles. The summed E-state index contributed by atoms with van der Waals surface area (Å²) in [6.45, 7) is 1.43. The third-order valence-electron chi connectivity index (χ3n) is 4.22. The molecule has 7 heteroatoms. The molecule has 0 N–H and O–H groups in total. The molecule has 0 spiro atoms. The second-order valence-electron chi connectivity index (χ2n) is 6.29. The largest absolute Gasteiger partial charge is 0.474 e. The van der Waals surface area contributed by atoms with Crippen molar-refractivity contribution in [2.75, 3.05) is 13.2 Å². The van der Waals surface area contributed by atoms with Crippen molar-refractivity contribution in [3.8, 4) is 17.5 Å². The third-order valence-corrected chi connectivity index (χ3v) is 4.22. The fraction of sp³-hybridized carbons (Fsp3) is 0.300. The van der Waals surface area contributed by atoms with Gasteiger partial charge in [0.25, 0.3) is 0 Å². The summed E-state index contributed by atoms with van der Waals surface area (Å²) in [4.78, 5) is 16.6. The molecule has 138 valence electrons. The van der Waals surface area contributed by atoms with Crippen molar-refractivity contribution in [2.24, 2.45) is 0 Å². The third kappa shape index (κ3) is 4.98. The summed E-state index contributed by atoms with van der Waals surface area (Å²) in [6.07, 6.45) is 11.1. The first-order valence-electron chi connectivity index (χ1n) is 8.92. The maximum atomic E-state index is 5.90. The van der Waals surface area contributed by atoms with Crippen molar-refractivity contribution in [3.63, 3.8) is 0 Å². The normalized spacial score (nSPS) is 14.7. The predicted octanol–water partition coefficient (Wildman–Crippen LogP) is 3.21. The lowest BCUT2D eigenvalue weighted by molar-refractivity contribution is 0.0236. The molecule has 3 aromatic rings. The van der Waals surface area contributed by atoms with Gasteiger partial charge in [0.1, 0.15) is 18.2 Å². The van der Waals surface area contributed by atoms with Crippen molar-refractivity contribution >= 4 is 0 Å². The van der Waals surface area contributed by atoms with Crippen LogP contribution in [0.15, 0.2) is 55.4 Å². The van der Waals surface area contributed by atoms with E-state index in [1.807, 2.05) is 24.4 Å². The quantitative estimate of drug-likeness (QED) is 0.664. The average molecular weight is 364 g/mol. The Balaban J connectivity index is 1.42. The number of hydrogen-bond donors (Lipinski definition) is 0. The van der Waals surface area contributed by atoms with Crippen LogP contribution in [0.4, 0.5) is 0 Å². The van der Waals surface area contributed by atoms with E-state index < -0.39 is 0 Å². The van der Waals surface area contributed by atoms with Crippen LogP contribution in [0.1, 0.15) is 24.0 Å². The second kappa shape index (κ2) is 8.55. The van der Waals surface area contributed by atoms with E-state index in [4.69, 9.17) is 14.2 Å². The Morgan fingerprint density at radius 3 is 2.59 bits per heavy atom. The van der Waals surface area contributed by atoms with Crippen LogP contribution in [0.5, 0.6) is 17.5 Å². The van der Waals surface area contributed by atoms with Crippen molar-refractivity contribution < 1.29 is 14.2 Å². The van der Waals surface area contributed by atoms with E-state index in [0.717, 1.165) is 43.6 Å². The highest BCUT2D eigenvalue weighted by Crippen LogP contribution is 2.24. The standard InChI is InChI=1S/C20H20N4O3/c1-5-21-6-2-15(1)9-16-10-18(13-22-12-16)27-20-11-19(23-14-24-20)26-17-3-7-25-8-4-17/h1-2,5-6,10-14,17H,3-4,7-9H2. The van der Waals surface area contributed by atoms with Gasteiger partial charge in [0, 0.05) is 31.4 Å². The molecule has 0 unspecified atom stereocenters. The molecular formula is C20H20N4O3. The first-order valence-corrected chi connectivity index (χ1v) is 8.92. The molecule has 0 saturated carbocycles. The molecule has 0 amide bonds. The summed E-state index contributed by atoms with van der Waals surface area (Å²) in [5.74, 6) is 1.56. The van der Waals surface area contributed by atoms with Crippen LogP contribution < -0.4 is 9.47 Å². The second-order valence-corrected chi connectivity index (χ2v) is 6.29. The molecule has 0 aromatic carbocycles. The molecule has 0 radical (unpaired) electrons. The van der Waals surface area contributed by atoms with Gasteiger partial charge in [-0.2, -0.15) is 0 Å². The van der Waals surface area contributed by atoms with Crippen LogP contribution in [0, 0.1) is 0 Å². The number of nitrogens with zero attached hydrogens (tertiary/aromatic N) is 4. The van der Waals surface area contributed by atoms with Crippen LogP contribution >= 0.6 is 0 Å². The zero-order valence-electron chi connectivity index (χ0n) is 14.8. The molecule has 1 fully saturated rings. The van der Waals surface area contributed by atoms with Crippen molar-refractivity contribution in [1.82, 2.24) is 19.9 Å². The van der Waals surface area contributed by atoms with Crippen LogP contribution in [0.2, 0.25) is 0 Å². The van der Waals surface area contributed by atoms with Gasteiger partial charge in [-0.25, -0.2) is 9.97 Å². The molecule has 3 aromatic heterocycles. The van der Waals surface area contributed by atoms with Crippen LogP contribution in [-0.4, -0.2) is 39.3 Å². The Morgan fingerprint density at radius 1 is 0.926 bits per heavy atom. The van der Waals surface area contributed by atoms with Crippen molar-refractivity contribution in [3.05, 3.63) is 66.5 Å². The van der Waals surface area contributed by atoms with Gasteiger partial charge in [0.15, 0.2) is 0 Å². The van der Waals surface area contributed by atoms with Gasteiger partial charge in [0.05, 0.1) is 25.5 Å². The molecule has 27 heavy (non-hydrogen) atoms. The number of ether oxygens (including phenoxy) is 3. The van der Waals surface area contributed by atoms with Crippen LogP contribution in [0.3, 0.4) is 0 Å². The summed E-state index contributed by atoms with van der Waals surface area (Å²) in [5.41, 5.74) is 2.21. The predicted molar refractivity (Wildman–Crippen MR) is 97.9 cm³/mol. The molecule has 4 heterocycles. The van der Waals surface area contributed by atoms with Gasteiger partial charge in [-0.05, 0) is 35.7 Å². The minimum Gasteiger partial charge on any atom is -0.474 e. The van der Waals surface area contributed by atoms with E-state index in [1.54, 1.807) is 24.7 Å². The monoisotopic (exact) mass is 364 g/mol. The van der Waals surface area contributed by atoms with E-state index in [0.29, 0.717) is 17.5 Å². The minimum atomic E-state index is 0.117. The van der Waals surface area contributed by atoms with E-state index >= 15 is 0 Å². The van der Waals surface area contributed by atoms with Crippen molar-refractivity contribution in [1.29, 1.82) is 0 Å². The molecule has 0 atom stereocenters. The Morgan fingerprint density at radius 2 is 1.74 bits per heavy atom. The SMILES string of the molecule is c1cc(Cc2cncc(Oc3cc(OC4CCOCC4)ncn3)c2)ccn1. The van der Waals surface area contributed by atoms with Gasteiger partial charge in [-0.3, -0.25) is 9.97 Å². The first kappa shape index (κ1) is 17.4. The van der Waals surface area contributed by atoms with E-state index in [2.05, 4.69) is 19.9 Å². The summed E-state index contributed by atoms with van der Waals surface area (Å²) >= 11 is 0. The molecular weight excluding hydrogens is 344 g/mol. The Labute approximate surface area is 157 Å². The molecule has 0 aliphatic carbocycles. The molecule has 1 saturated heterocycles. The topological polar surface area (TPSA) is 79.2 Å². The Bertz CT molecular complexity index is 870. The fourth-order valence-electron chi connectivity index (χ4n) is 2.88. The summed E-state index contributed by atoms with van der Waals surface area (Å²) < 4.78 is 17.1. The zero-order valence-corrected chi connectivity index (χ0v) is 14.8. The van der Waals surface area contributed by atoms with Crippen LogP contribution in [-0.2, 0) is 11.2 Å². The maximum absolute atomic E-state index is 5.90. The number of pyridine rings is 2. The van der Waals surface area contributed by atoms with Gasteiger partial charge < -0.3 is 14.2 Å². The highest BCUT2D eigenvalue weighted by atomic mass is 16.5. The van der Waals surface area contributed by atoms with Crippen molar-refractivity contribution in [2.45, 2.75) is 25.4 Å². The highest BCUT2D eigenvalue weighted by molar-refractivity contribution is 5.31. The smallest absolute Gasteiger partial charge is 0.226 e. The molecule has 1 aliphatic rings.